The molecule has 0 amide bonds. The van der Waals surface area contributed by atoms with Gasteiger partial charge in [0.15, 0.2) is 0 Å². The van der Waals surface area contributed by atoms with Crippen LogP contribution in [0, 0.1) is 0 Å². The van der Waals surface area contributed by atoms with E-state index in [1.165, 1.54) is 11.1 Å². The largest absolute Gasteiger partial charge is 0.313 e. The summed E-state index contributed by atoms with van der Waals surface area (Å²) in [6.45, 7) is 5.48. The molecule has 2 fully saturated rings. The Hall–Kier alpha value is -1.76. The summed E-state index contributed by atoms with van der Waals surface area (Å²) in [6.07, 6.45) is 0. The zero-order valence-corrected chi connectivity index (χ0v) is 14.5. The van der Waals surface area contributed by atoms with Crippen LogP contribution in [0.25, 0.3) is 0 Å². The standard InChI is InChI=1S/C20H26N4O/c1-3-7-17(8-4-1)19-15-21-11-13-23(19)25-24-14-12-22-16-20(24)18-9-5-2-6-10-18/h1-10,19-22H,11-16H2. The van der Waals surface area contributed by atoms with Crippen LogP contribution >= 0.6 is 0 Å². The Labute approximate surface area is 149 Å². The van der Waals surface area contributed by atoms with Crippen LogP contribution in [-0.4, -0.2) is 49.4 Å². The van der Waals surface area contributed by atoms with Gasteiger partial charge in [0.25, 0.3) is 0 Å². The average molecular weight is 338 g/mol. The van der Waals surface area contributed by atoms with Crippen molar-refractivity contribution >= 4 is 0 Å². The highest BCUT2D eigenvalue weighted by Gasteiger charge is 2.31. The summed E-state index contributed by atoms with van der Waals surface area (Å²) in [5.74, 6) is 0. The molecule has 4 rings (SSSR count). The van der Waals surface area contributed by atoms with Crippen LogP contribution in [0.15, 0.2) is 60.7 Å². The van der Waals surface area contributed by atoms with Crippen molar-refractivity contribution in [1.29, 1.82) is 0 Å². The Morgan fingerprint density at radius 3 is 1.56 bits per heavy atom. The lowest BCUT2D eigenvalue weighted by Gasteiger charge is -2.42. The molecule has 0 aromatic heterocycles. The van der Waals surface area contributed by atoms with Crippen LogP contribution in [0.4, 0.5) is 0 Å². The zero-order chi connectivity index (χ0) is 16.9. The number of hydrogen-bond acceptors (Lipinski definition) is 5. The third-order valence-electron chi connectivity index (χ3n) is 4.97. The summed E-state index contributed by atoms with van der Waals surface area (Å²) in [4.78, 5) is 6.45. The summed E-state index contributed by atoms with van der Waals surface area (Å²) < 4.78 is 0. The van der Waals surface area contributed by atoms with E-state index < -0.39 is 0 Å². The lowest BCUT2D eigenvalue weighted by atomic mass is 10.1. The van der Waals surface area contributed by atoms with E-state index >= 15 is 0 Å². The van der Waals surface area contributed by atoms with Crippen LogP contribution in [0.3, 0.4) is 0 Å². The molecule has 2 saturated heterocycles. The molecule has 5 heteroatoms. The summed E-state index contributed by atoms with van der Waals surface area (Å²) >= 11 is 0. The number of rotatable bonds is 4. The van der Waals surface area contributed by atoms with Crippen LogP contribution in [0.1, 0.15) is 23.2 Å². The van der Waals surface area contributed by atoms with Gasteiger partial charge in [0.05, 0.1) is 12.1 Å². The van der Waals surface area contributed by atoms with Gasteiger partial charge in [0.2, 0.25) is 0 Å². The number of hydroxylamine groups is 4. The quantitative estimate of drug-likeness (QED) is 0.894. The van der Waals surface area contributed by atoms with Crippen LogP contribution < -0.4 is 10.6 Å². The highest BCUT2D eigenvalue weighted by Crippen LogP contribution is 2.27. The topological polar surface area (TPSA) is 39.8 Å². The van der Waals surface area contributed by atoms with Gasteiger partial charge in [-0.2, -0.15) is 10.1 Å². The fourth-order valence-electron chi connectivity index (χ4n) is 3.62. The lowest BCUT2D eigenvalue weighted by molar-refractivity contribution is -0.362. The van der Waals surface area contributed by atoms with Crippen molar-refractivity contribution in [3.63, 3.8) is 0 Å². The van der Waals surface area contributed by atoms with E-state index in [0.717, 1.165) is 39.3 Å². The molecule has 0 aliphatic carbocycles. The van der Waals surface area contributed by atoms with E-state index in [-0.39, 0.29) is 12.1 Å². The molecule has 0 saturated carbocycles. The molecule has 0 bridgehead atoms. The van der Waals surface area contributed by atoms with E-state index in [1.807, 2.05) is 0 Å². The maximum Gasteiger partial charge on any atom is 0.0746 e. The van der Waals surface area contributed by atoms with Gasteiger partial charge in [-0.25, -0.2) is 4.94 Å². The minimum absolute atomic E-state index is 0.237. The Morgan fingerprint density at radius 2 is 1.12 bits per heavy atom. The van der Waals surface area contributed by atoms with Crippen LogP contribution in [0.2, 0.25) is 0 Å². The van der Waals surface area contributed by atoms with Crippen molar-refractivity contribution in [1.82, 2.24) is 20.8 Å². The molecule has 2 aromatic rings. The summed E-state index contributed by atoms with van der Waals surface area (Å²) in [7, 11) is 0. The van der Waals surface area contributed by atoms with E-state index in [2.05, 4.69) is 81.4 Å². The number of nitrogens with one attached hydrogen (secondary N) is 2. The predicted octanol–water partition coefficient (Wildman–Crippen LogP) is 2.13. The Morgan fingerprint density at radius 1 is 0.680 bits per heavy atom. The summed E-state index contributed by atoms with van der Waals surface area (Å²) in [5, 5.41) is 11.3. The minimum atomic E-state index is 0.237. The SMILES string of the molecule is c1ccc(C2CNCCN2ON2CCNCC2c2ccccc2)cc1. The second-order valence-corrected chi connectivity index (χ2v) is 6.62. The molecule has 5 nitrogen and oxygen atoms in total. The first-order valence-corrected chi connectivity index (χ1v) is 9.14. The first-order chi connectivity index (χ1) is 12.4. The number of benzene rings is 2. The second-order valence-electron chi connectivity index (χ2n) is 6.62. The van der Waals surface area contributed by atoms with Gasteiger partial charge in [-0.3, -0.25) is 0 Å². The fourth-order valence-corrected chi connectivity index (χ4v) is 3.62. The molecule has 2 heterocycles. The normalized spacial score (nSPS) is 25.8. The van der Waals surface area contributed by atoms with Gasteiger partial charge in [-0.1, -0.05) is 60.7 Å². The molecular formula is C20H26N4O. The molecule has 2 aromatic carbocycles. The molecule has 132 valence electrons. The fraction of sp³-hybridized carbons (Fsp3) is 0.400. The Balaban J connectivity index is 1.52. The van der Waals surface area contributed by atoms with E-state index in [4.69, 9.17) is 4.94 Å². The van der Waals surface area contributed by atoms with Crippen molar-refractivity contribution in [2.24, 2.45) is 0 Å². The summed E-state index contributed by atoms with van der Waals surface area (Å²) in [6, 6.07) is 21.7. The molecule has 2 N–H and O–H groups in total. The molecule has 2 unspecified atom stereocenters. The molecule has 0 radical (unpaired) electrons. The number of hydrogen-bond donors (Lipinski definition) is 2. The first kappa shape index (κ1) is 16.7. The summed E-state index contributed by atoms with van der Waals surface area (Å²) in [5.41, 5.74) is 2.59. The van der Waals surface area contributed by atoms with E-state index in [0.29, 0.717) is 0 Å². The Bertz CT molecular complexity index is 594. The van der Waals surface area contributed by atoms with Crippen LogP contribution in [-0.2, 0) is 4.94 Å². The average Bonchev–Trinajstić information content (AvgIpc) is 2.70. The highest BCUT2D eigenvalue weighted by molar-refractivity contribution is 5.20. The van der Waals surface area contributed by atoms with Gasteiger partial charge < -0.3 is 10.6 Å². The molecular weight excluding hydrogens is 312 g/mol. The molecule has 2 aliphatic heterocycles. The van der Waals surface area contributed by atoms with E-state index in [1.54, 1.807) is 0 Å². The third-order valence-corrected chi connectivity index (χ3v) is 4.97. The second kappa shape index (κ2) is 8.08. The minimum Gasteiger partial charge on any atom is -0.313 e. The zero-order valence-electron chi connectivity index (χ0n) is 14.5. The molecule has 0 spiro atoms. The van der Waals surface area contributed by atoms with Crippen molar-refractivity contribution < 1.29 is 4.94 Å². The smallest absolute Gasteiger partial charge is 0.0746 e. The van der Waals surface area contributed by atoms with Gasteiger partial charge in [0, 0.05) is 39.3 Å². The Kier molecular flexibility index (Phi) is 5.40. The van der Waals surface area contributed by atoms with Gasteiger partial charge >= 0.3 is 0 Å². The van der Waals surface area contributed by atoms with Crippen LogP contribution in [0.5, 0.6) is 0 Å². The van der Waals surface area contributed by atoms with Crippen molar-refractivity contribution in [3.05, 3.63) is 71.8 Å². The van der Waals surface area contributed by atoms with Crippen molar-refractivity contribution in [2.75, 3.05) is 39.3 Å². The highest BCUT2D eigenvalue weighted by atomic mass is 16.8. The monoisotopic (exact) mass is 338 g/mol. The number of nitrogens with zero attached hydrogens (tertiary/aromatic N) is 2. The number of piperazine rings is 2. The maximum atomic E-state index is 6.45. The molecule has 2 aliphatic rings. The van der Waals surface area contributed by atoms with Gasteiger partial charge in [-0.05, 0) is 11.1 Å². The van der Waals surface area contributed by atoms with Crippen molar-refractivity contribution in [3.8, 4) is 0 Å². The molecule has 2 atom stereocenters. The lowest BCUT2D eigenvalue weighted by Crippen LogP contribution is -2.53. The first-order valence-electron chi connectivity index (χ1n) is 9.14. The predicted molar refractivity (Wildman–Crippen MR) is 98.6 cm³/mol. The van der Waals surface area contributed by atoms with E-state index in [9.17, 15) is 0 Å². The van der Waals surface area contributed by atoms with Gasteiger partial charge in [0.1, 0.15) is 0 Å². The van der Waals surface area contributed by atoms with Crippen molar-refractivity contribution in [2.45, 2.75) is 12.1 Å². The maximum absolute atomic E-state index is 6.45. The molecule has 25 heavy (non-hydrogen) atoms. The van der Waals surface area contributed by atoms with Gasteiger partial charge in [-0.15, -0.1) is 0 Å². The third kappa shape index (κ3) is 3.92.